The summed E-state index contributed by atoms with van der Waals surface area (Å²) in [5, 5.41) is 0.416. The van der Waals surface area contributed by atoms with Crippen molar-refractivity contribution in [2.24, 2.45) is 0 Å². The second-order valence-electron chi connectivity index (χ2n) is 7.82. The maximum Gasteiger partial charge on any atom is 0.495 e. The molecule has 4 nitrogen and oxygen atoms in total. The summed E-state index contributed by atoms with van der Waals surface area (Å²) in [7, 11) is -0.412. The molecular formula is C21H24BClO4. The highest BCUT2D eigenvalue weighted by Gasteiger charge is 2.52. The van der Waals surface area contributed by atoms with Gasteiger partial charge in [0, 0.05) is 5.56 Å². The van der Waals surface area contributed by atoms with Gasteiger partial charge in [-0.1, -0.05) is 29.8 Å². The van der Waals surface area contributed by atoms with Crippen LogP contribution in [0.4, 0.5) is 0 Å². The molecule has 0 aromatic heterocycles. The van der Waals surface area contributed by atoms with E-state index in [1.54, 1.807) is 18.2 Å². The van der Waals surface area contributed by atoms with E-state index in [9.17, 15) is 4.79 Å². The average molecular weight is 387 g/mol. The lowest BCUT2D eigenvalue weighted by Gasteiger charge is -2.32. The van der Waals surface area contributed by atoms with Gasteiger partial charge in [0.1, 0.15) is 18.6 Å². The summed E-state index contributed by atoms with van der Waals surface area (Å²) in [5.74, 6) is 0.544. The van der Waals surface area contributed by atoms with Gasteiger partial charge in [0.15, 0.2) is 0 Å². The predicted molar refractivity (Wildman–Crippen MR) is 108 cm³/mol. The molecule has 0 saturated carbocycles. The number of halogens is 1. The van der Waals surface area contributed by atoms with E-state index in [-0.39, 0.29) is 11.2 Å². The summed E-state index contributed by atoms with van der Waals surface area (Å²) in [6, 6.07) is 11.0. The SMILES string of the molecule is Cc1c(COc2ccc(C=O)cc2Cl)cccc1B1OC(C)(C)C(C)(C)O1. The first kappa shape index (κ1) is 19.9. The predicted octanol–water partition coefficient (Wildman–Crippen LogP) is 4.34. The molecule has 0 N–H and O–H groups in total. The van der Waals surface area contributed by atoms with E-state index in [4.69, 9.17) is 25.6 Å². The molecule has 0 radical (unpaired) electrons. The monoisotopic (exact) mass is 386 g/mol. The first-order valence-electron chi connectivity index (χ1n) is 8.96. The number of hydrogen-bond acceptors (Lipinski definition) is 4. The Kier molecular flexibility index (Phi) is 5.39. The minimum atomic E-state index is -0.412. The molecule has 0 amide bonds. The van der Waals surface area contributed by atoms with E-state index in [1.165, 1.54) is 0 Å². The number of ether oxygens (including phenoxy) is 1. The van der Waals surface area contributed by atoms with Gasteiger partial charge in [-0.25, -0.2) is 0 Å². The lowest BCUT2D eigenvalue weighted by Crippen LogP contribution is -2.41. The van der Waals surface area contributed by atoms with E-state index in [1.807, 2.05) is 52.8 Å². The third-order valence-electron chi connectivity index (χ3n) is 5.47. The Labute approximate surface area is 165 Å². The Balaban J connectivity index is 1.79. The maximum absolute atomic E-state index is 10.8. The van der Waals surface area contributed by atoms with E-state index >= 15 is 0 Å². The highest BCUT2D eigenvalue weighted by Crippen LogP contribution is 2.36. The minimum Gasteiger partial charge on any atom is -0.487 e. The van der Waals surface area contributed by atoms with Crippen LogP contribution in [0.1, 0.15) is 49.2 Å². The van der Waals surface area contributed by atoms with Crippen LogP contribution >= 0.6 is 11.6 Å². The fraction of sp³-hybridized carbons (Fsp3) is 0.381. The number of carbonyl (C=O) groups excluding carboxylic acids is 1. The van der Waals surface area contributed by atoms with Crippen LogP contribution in [-0.2, 0) is 15.9 Å². The molecule has 1 fully saturated rings. The Bertz CT molecular complexity index is 847. The van der Waals surface area contributed by atoms with Gasteiger partial charge in [0.05, 0.1) is 16.2 Å². The third kappa shape index (κ3) is 3.91. The minimum absolute atomic E-state index is 0.360. The standard InChI is InChI=1S/C21H24BClO4/c1-14-16(13-25-19-10-9-15(12-24)11-18(19)23)7-6-8-17(14)22-26-20(2,3)21(4,5)27-22/h6-12H,13H2,1-5H3. The van der Waals surface area contributed by atoms with E-state index in [2.05, 4.69) is 0 Å². The normalized spacial score (nSPS) is 17.8. The maximum atomic E-state index is 10.8. The molecule has 142 valence electrons. The van der Waals surface area contributed by atoms with Crippen LogP contribution in [0.15, 0.2) is 36.4 Å². The third-order valence-corrected chi connectivity index (χ3v) is 5.77. The van der Waals surface area contributed by atoms with Crippen molar-refractivity contribution in [2.45, 2.75) is 52.4 Å². The molecule has 1 heterocycles. The van der Waals surface area contributed by atoms with Crippen molar-refractivity contribution in [2.75, 3.05) is 0 Å². The molecule has 0 unspecified atom stereocenters. The first-order valence-corrected chi connectivity index (χ1v) is 9.34. The van der Waals surface area contributed by atoms with Gasteiger partial charge >= 0.3 is 7.12 Å². The summed E-state index contributed by atoms with van der Waals surface area (Å²) in [5.41, 5.74) is 2.84. The Morgan fingerprint density at radius 3 is 2.37 bits per heavy atom. The van der Waals surface area contributed by atoms with Crippen molar-refractivity contribution in [1.82, 2.24) is 0 Å². The largest absolute Gasteiger partial charge is 0.495 e. The van der Waals surface area contributed by atoms with Gasteiger partial charge < -0.3 is 14.0 Å². The fourth-order valence-electron chi connectivity index (χ4n) is 2.95. The molecule has 0 spiro atoms. The number of rotatable bonds is 5. The van der Waals surface area contributed by atoms with Crippen molar-refractivity contribution in [3.63, 3.8) is 0 Å². The van der Waals surface area contributed by atoms with Crippen molar-refractivity contribution < 1.29 is 18.8 Å². The molecule has 0 bridgehead atoms. The quantitative estimate of drug-likeness (QED) is 0.566. The molecule has 1 saturated heterocycles. The summed E-state index contributed by atoms with van der Waals surface area (Å²) in [6.07, 6.45) is 0.758. The zero-order valence-corrected chi connectivity index (χ0v) is 17.1. The molecule has 1 aliphatic heterocycles. The summed E-state index contributed by atoms with van der Waals surface area (Å²) >= 11 is 6.19. The van der Waals surface area contributed by atoms with Crippen molar-refractivity contribution >= 4 is 30.5 Å². The Hall–Kier alpha value is -1.82. The van der Waals surface area contributed by atoms with Crippen LogP contribution in [0.5, 0.6) is 5.75 Å². The van der Waals surface area contributed by atoms with Gasteiger partial charge in [0.25, 0.3) is 0 Å². The van der Waals surface area contributed by atoms with Crippen molar-refractivity contribution in [1.29, 1.82) is 0 Å². The van der Waals surface area contributed by atoms with Gasteiger partial charge in [-0.05, 0) is 69.4 Å². The zero-order valence-electron chi connectivity index (χ0n) is 16.3. The van der Waals surface area contributed by atoms with E-state index in [0.717, 1.165) is 22.9 Å². The van der Waals surface area contributed by atoms with Crippen LogP contribution < -0.4 is 10.2 Å². The molecule has 0 atom stereocenters. The molecule has 2 aromatic carbocycles. The van der Waals surface area contributed by atoms with Crippen LogP contribution in [0.2, 0.25) is 5.02 Å². The van der Waals surface area contributed by atoms with Crippen LogP contribution in [0.25, 0.3) is 0 Å². The van der Waals surface area contributed by atoms with Gasteiger partial charge in [-0.3, -0.25) is 4.79 Å². The summed E-state index contributed by atoms with van der Waals surface area (Å²) in [6.45, 7) is 10.6. The topological polar surface area (TPSA) is 44.8 Å². The second-order valence-corrected chi connectivity index (χ2v) is 8.22. The molecule has 0 aliphatic carbocycles. The van der Waals surface area contributed by atoms with Gasteiger partial charge in [-0.15, -0.1) is 0 Å². The fourth-order valence-corrected chi connectivity index (χ4v) is 3.19. The Morgan fingerprint density at radius 1 is 1.11 bits per heavy atom. The summed E-state index contributed by atoms with van der Waals surface area (Å²) < 4.78 is 18.2. The van der Waals surface area contributed by atoms with Crippen LogP contribution in [0, 0.1) is 6.92 Å². The second kappa shape index (κ2) is 7.31. The number of carbonyl (C=O) groups is 1. The Morgan fingerprint density at radius 2 is 1.78 bits per heavy atom. The summed E-state index contributed by atoms with van der Waals surface area (Å²) in [4.78, 5) is 10.8. The van der Waals surface area contributed by atoms with E-state index < -0.39 is 7.12 Å². The molecule has 2 aromatic rings. The smallest absolute Gasteiger partial charge is 0.487 e. The van der Waals surface area contributed by atoms with Gasteiger partial charge in [0.2, 0.25) is 0 Å². The number of aldehydes is 1. The average Bonchev–Trinajstić information content (AvgIpc) is 2.82. The molecule has 6 heteroatoms. The highest BCUT2D eigenvalue weighted by molar-refractivity contribution is 6.62. The zero-order chi connectivity index (χ0) is 19.8. The number of benzene rings is 2. The molecule has 1 aliphatic rings. The first-order chi connectivity index (χ1) is 12.6. The highest BCUT2D eigenvalue weighted by atomic mass is 35.5. The van der Waals surface area contributed by atoms with Crippen LogP contribution in [-0.4, -0.2) is 24.6 Å². The van der Waals surface area contributed by atoms with Crippen LogP contribution in [0.3, 0.4) is 0 Å². The van der Waals surface area contributed by atoms with Gasteiger partial charge in [-0.2, -0.15) is 0 Å². The number of hydrogen-bond donors (Lipinski definition) is 0. The lowest BCUT2D eigenvalue weighted by molar-refractivity contribution is 0.00578. The van der Waals surface area contributed by atoms with Crippen molar-refractivity contribution in [3.05, 3.63) is 58.1 Å². The van der Waals surface area contributed by atoms with E-state index in [0.29, 0.717) is 22.9 Å². The van der Waals surface area contributed by atoms with Crippen molar-refractivity contribution in [3.8, 4) is 5.75 Å². The molecule has 27 heavy (non-hydrogen) atoms. The molecular weight excluding hydrogens is 362 g/mol. The molecule has 3 rings (SSSR count). The lowest BCUT2D eigenvalue weighted by atomic mass is 9.75.